The Morgan fingerprint density at radius 2 is 1.47 bits per heavy atom. The number of hydrogen-bond donors (Lipinski definition) is 1. The summed E-state index contributed by atoms with van der Waals surface area (Å²) >= 11 is 0. The molecule has 0 unspecified atom stereocenters. The highest BCUT2D eigenvalue weighted by Gasteiger charge is 2.12. The van der Waals surface area contributed by atoms with Crippen molar-refractivity contribution in [2.45, 2.75) is 0 Å². The maximum atomic E-state index is 11.4. The number of aromatic carboxylic acids is 1. The zero-order chi connectivity index (χ0) is 14.0. The summed E-state index contributed by atoms with van der Waals surface area (Å²) in [4.78, 5) is 11.4. The minimum Gasteiger partial charge on any atom is -0.478 e. The Balaban J connectivity index is 2.99. The molecule has 0 bridgehead atoms. The molecular formula is C17H14O2. The first-order valence-electron chi connectivity index (χ1n) is 5.83. The second-order valence-electron chi connectivity index (χ2n) is 4.19. The summed E-state index contributed by atoms with van der Waals surface area (Å²) in [5.74, 6) is -0.954. The van der Waals surface area contributed by atoms with Crippen LogP contribution in [0, 0.1) is 0 Å². The van der Waals surface area contributed by atoms with Crippen molar-refractivity contribution in [3.63, 3.8) is 0 Å². The molecule has 0 aliphatic carbocycles. The zero-order valence-electron chi connectivity index (χ0n) is 10.5. The molecule has 2 aromatic rings. The van der Waals surface area contributed by atoms with Gasteiger partial charge in [-0.25, -0.2) is 4.79 Å². The second-order valence-corrected chi connectivity index (χ2v) is 4.19. The number of rotatable bonds is 4. The van der Waals surface area contributed by atoms with E-state index in [1.54, 1.807) is 24.3 Å². The maximum Gasteiger partial charge on any atom is 0.336 e. The fourth-order valence-corrected chi connectivity index (χ4v) is 2.12. The molecule has 19 heavy (non-hydrogen) atoms. The Labute approximate surface area is 112 Å². The SMILES string of the molecule is C=Cc1cc(C(=O)O)c2cc(C=C)cc(C=C)c2c1. The highest BCUT2D eigenvalue weighted by atomic mass is 16.4. The lowest BCUT2D eigenvalue weighted by molar-refractivity contribution is 0.0699. The largest absolute Gasteiger partial charge is 0.478 e. The van der Waals surface area contributed by atoms with Gasteiger partial charge in [-0.1, -0.05) is 38.0 Å². The molecule has 0 radical (unpaired) electrons. The third-order valence-electron chi connectivity index (χ3n) is 3.07. The van der Waals surface area contributed by atoms with Crippen LogP contribution in [0.25, 0.3) is 29.0 Å². The number of carbonyl (C=O) groups is 1. The summed E-state index contributed by atoms with van der Waals surface area (Å²) in [5, 5.41) is 10.9. The second kappa shape index (κ2) is 4.94. The summed E-state index contributed by atoms with van der Waals surface area (Å²) in [6.45, 7) is 11.2. The molecule has 0 spiro atoms. The summed E-state index contributed by atoms with van der Waals surface area (Å²) in [6, 6.07) is 7.29. The van der Waals surface area contributed by atoms with Crippen LogP contribution < -0.4 is 0 Å². The maximum absolute atomic E-state index is 11.4. The van der Waals surface area contributed by atoms with Gasteiger partial charge in [0.25, 0.3) is 0 Å². The van der Waals surface area contributed by atoms with Crippen LogP contribution in [-0.4, -0.2) is 11.1 Å². The number of fused-ring (bicyclic) bond motifs is 1. The highest BCUT2D eigenvalue weighted by Crippen LogP contribution is 2.28. The van der Waals surface area contributed by atoms with Crippen molar-refractivity contribution >= 4 is 35.0 Å². The summed E-state index contributed by atoms with van der Waals surface area (Å²) < 4.78 is 0. The molecule has 0 fully saturated rings. The van der Waals surface area contributed by atoms with Gasteiger partial charge in [-0.3, -0.25) is 0 Å². The minimum absolute atomic E-state index is 0.263. The molecule has 0 amide bonds. The lowest BCUT2D eigenvalue weighted by atomic mass is 9.94. The standard InChI is InChI=1S/C17H14O2/c1-4-11-7-13(6-3)14-8-12(5-2)10-16(17(18)19)15(14)9-11/h4-10H,1-3H2,(H,18,19). The van der Waals surface area contributed by atoms with E-state index in [4.69, 9.17) is 0 Å². The minimum atomic E-state index is -0.954. The normalized spacial score (nSPS) is 10.1. The topological polar surface area (TPSA) is 37.3 Å². The van der Waals surface area contributed by atoms with Crippen LogP contribution in [0.5, 0.6) is 0 Å². The third kappa shape index (κ3) is 2.20. The molecule has 2 rings (SSSR count). The Bertz CT molecular complexity index is 709. The van der Waals surface area contributed by atoms with E-state index in [1.165, 1.54) is 0 Å². The Morgan fingerprint density at radius 3 is 2.00 bits per heavy atom. The van der Waals surface area contributed by atoms with Gasteiger partial charge in [-0.2, -0.15) is 0 Å². The van der Waals surface area contributed by atoms with Crippen LogP contribution in [-0.2, 0) is 0 Å². The lowest BCUT2D eigenvalue weighted by Gasteiger charge is -2.09. The molecule has 0 aliphatic rings. The van der Waals surface area contributed by atoms with Gasteiger partial charge in [0.05, 0.1) is 5.56 Å². The fourth-order valence-electron chi connectivity index (χ4n) is 2.12. The van der Waals surface area contributed by atoms with Crippen LogP contribution in [0.2, 0.25) is 0 Å². The van der Waals surface area contributed by atoms with Crippen LogP contribution in [0.3, 0.4) is 0 Å². The van der Waals surface area contributed by atoms with Gasteiger partial charge in [0.15, 0.2) is 0 Å². The van der Waals surface area contributed by atoms with Gasteiger partial charge < -0.3 is 5.11 Å². The van der Waals surface area contributed by atoms with E-state index >= 15 is 0 Å². The van der Waals surface area contributed by atoms with Crippen LogP contribution >= 0.6 is 0 Å². The van der Waals surface area contributed by atoms with E-state index in [0.717, 1.165) is 22.1 Å². The molecule has 0 aliphatic heterocycles. The molecule has 2 aromatic carbocycles. The van der Waals surface area contributed by atoms with Gasteiger partial charge in [0, 0.05) is 0 Å². The first-order chi connectivity index (χ1) is 9.10. The van der Waals surface area contributed by atoms with E-state index < -0.39 is 5.97 Å². The number of benzene rings is 2. The van der Waals surface area contributed by atoms with Crippen molar-refractivity contribution in [2.24, 2.45) is 0 Å². The predicted molar refractivity (Wildman–Crippen MR) is 81.2 cm³/mol. The van der Waals surface area contributed by atoms with Crippen molar-refractivity contribution in [3.05, 3.63) is 66.3 Å². The predicted octanol–water partition coefficient (Wildman–Crippen LogP) is 4.47. The van der Waals surface area contributed by atoms with Crippen molar-refractivity contribution in [1.82, 2.24) is 0 Å². The van der Waals surface area contributed by atoms with Gasteiger partial charge >= 0.3 is 5.97 Å². The fraction of sp³-hybridized carbons (Fsp3) is 0. The summed E-state index contributed by atoms with van der Waals surface area (Å²) in [7, 11) is 0. The molecule has 1 N–H and O–H groups in total. The van der Waals surface area contributed by atoms with Crippen LogP contribution in [0.15, 0.2) is 44.0 Å². The molecule has 0 saturated carbocycles. The molecule has 2 nitrogen and oxygen atoms in total. The van der Waals surface area contributed by atoms with E-state index in [2.05, 4.69) is 19.7 Å². The van der Waals surface area contributed by atoms with Crippen molar-refractivity contribution < 1.29 is 9.90 Å². The first-order valence-corrected chi connectivity index (χ1v) is 5.83. The molecular weight excluding hydrogens is 236 g/mol. The average molecular weight is 250 g/mol. The molecule has 0 aromatic heterocycles. The Kier molecular flexibility index (Phi) is 3.34. The third-order valence-corrected chi connectivity index (χ3v) is 3.07. The van der Waals surface area contributed by atoms with E-state index in [-0.39, 0.29) is 5.56 Å². The summed E-state index contributed by atoms with van der Waals surface area (Å²) in [5.41, 5.74) is 2.80. The Morgan fingerprint density at radius 1 is 0.895 bits per heavy atom. The Hall–Kier alpha value is -2.61. The monoisotopic (exact) mass is 250 g/mol. The quantitative estimate of drug-likeness (QED) is 0.869. The molecule has 0 atom stereocenters. The average Bonchev–Trinajstić information content (AvgIpc) is 2.44. The number of hydrogen-bond acceptors (Lipinski definition) is 1. The smallest absolute Gasteiger partial charge is 0.336 e. The van der Waals surface area contributed by atoms with Gasteiger partial charge in [-0.05, 0) is 51.7 Å². The van der Waals surface area contributed by atoms with Gasteiger partial charge in [-0.15, -0.1) is 0 Å². The van der Waals surface area contributed by atoms with Crippen LogP contribution in [0.1, 0.15) is 27.0 Å². The lowest BCUT2D eigenvalue weighted by Crippen LogP contribution is -1.99. The highest BCUT2D eigenvalue weighted by molar-refractivity contribution is 6.07. The van der Waals surface area contributed by atoms with E-state index in [9.17, 15) is 9.90 Å². The van der Waals surface area contributed by atoms with Crippen LogP contribution in [0.4, 0.5) is 0 Å². The molecule has 0 saturated heterocycles. The molecule has 94 valence electrons. The number of carboxylic acid groups (broad SMARTS) is 1. The van der Waals surface area contributed by atoms with Crippen molar-refractivity contribution in [1.29, 1.82) is 0 Å². The first kappa shape index (κ1) is 12.8. The van der Waals surface area contributed by atoms with Gasteiger partial charge in [0.1, 0.15) is 0 Å². The molecule has 2 heteroatoms. The van der Waals surface area contributed by atoms with Crippen molar-refractivity contribution in [3.8, 4) is 0 Å². The number of carboxylic acids is 1. The van der Waals surface area contributed by atoms with Gasteiger partial charge in [0.2, 0.25) is 0 Å². The summed E-state index contributed by atoms with van der Waals surface area (Å²) in [6.07, 6.45) is 5.05. The molecule has 0 heterocycles. The van der Waals surface area contributed by atoms with E-state index in [1.807, 2.05) is 18.2 Å². The zero-order valence-corrected chi connectivity index (χ0v) is 10.5. The van der Waals surface area contributed by atoms with Crippen molar-refractivity contribution in [2.75, 3.05) is 0 Å². The van der Waals surface area contributed by atoms with E-state index in [0.29, 0.717) is 5.39 Å².